The molecule has 2 saturated heterocycles. The highest BCUT2D eigenvalue weighted by Gasteiger charge is 2.21. The zero-order chi connectivity index (χ0) is 18.4. The third-order valence-electron chi connectivity index (χ3n) is 4.94. The first-order chi connectivity index (χ1) is 12.6. The van der Waals surface area contributed by atoms with Crippen molar-refractivity contribution in [3.8, 4) is 0 Å². The average molecular weight is 360 g/mol. The van der Waals surface area contributed by atoms with Gasteiger partial charge in [0, 0.05) is 57.9 Å². The molecule has 1 aromatic carbocycles. The van der Waals surface area contributed by atoms with E-state index in [0.717, 1.165) is 32.7 Å². The Morgan fingerprint density at radius 3 is 2.65 bits per heavy atom. The zero-order valence-electron chi connectivity index (χ0n) is 15.4. The van der Waals surface area contributed by atoms with E-state index in [2.05, 4.69) is 46.3 Å². The third kappa shape index (κ3) is 5.11. The molecule has 0 aliphatic carbocycles. The predicted molar refractivity (Wildman–Crippen MR) is 100 cm³/mol. The van der Waals surface area contributed by atoms with Crippen LogP contribution in [0.5, 0.6) is 0 Å². The minimum Gasteiger partial charge on any atom is -0.448 e. The SMILES string of the molecule is Cc1cccc(N2CCN(CCC(=O)NCCN3CCOC3=O)CC2)c1. The van der Waals surface area contributed by atoms with Gasteiger partial charge in [-0.1, -0.05) is 12.1 Å². The lowest BCUT2D eigenvalue weighted by atomic mass is 10.2. The fraction of sp³-hybridized carbons (Fsp3) is 0.579. The Kier molecular flexibility index (Phi) is 6.33. The third-order valence-corrected chi connectivity index (χ3v) is 4.94. The van der Waals surface area contributed by atoms with Crippen LogP contribution in [0.25, 0.3) is 0 Å². The highest BCUT2D eigenvalue weighted by Crippen LogP contribution is 2.17. The van der Waals surface area contributed by atoms with Gasteiger partial charge in [-0.05, 0) is 24.6 Å². The molecule has 0 unspecified atom stereocenters. The fourth-order valence-electron chi connectivity index (χ4n) is 3.36. The van der Waals surface area contributed by atoms with Crippen LogP contribution in [0.2, 0.25) is 0 Å². The molecule has 2 aliphatic heterocycles. The Morgan fingerprint density at radius 1 is 1.15 bits per heavy atom. The number of aryl methyl sites for hydroxylation is 1. The topological polar surface area (TPSA) is 65.1 Å². The Bertz CT molecular complexity index is 629. The van der Waals surface area contributed by atoms with Crippen LogP contribution in [0, 0.1) is 6.92 Å². The van der Waals surface area contributed by atoms with Crippen molar-refractivity contribution in [2.24, 2.45) is 0 Å². The number of amides is 2. The molecule has 0 radical (unpaired) electrons. The molecule has 3 rings (SSSR count). The average Bonchev–Trinajstić information content (AvgIpc) is 3.05. The molecule has 0 atom stereocenters. The number of nitrogens with one attached hydrogen (secondary N) is 1. The summed E-state index contributed by atoms with van der Waals surface area (Å²) in [5.41, 5.74) is 2.56. The molecule has 2 amide bonds. The van der Waals surface area contributed by atoms with E-state index in [1.165, 1.54) is 11.3 Å². The lowest BCUT2D eigenvalue weighted by Crippen LogP contribution is -2.47. The maximum absolute atomic E-state index is 12.0. The quantitative estimate of drug-likeness (QED) is 0.788. The van der Waals surface area contributed by atoms with E-state index in [1.54, 1.807) is 4.90 Å². The number of ether oxygens (including phenoxy) is 1. The van der Waals surface area contributed by atoms with Crippen molar-refractivity contribution in [1.82, 2.24) is 15.1 Å². The number of carbonyl (C=O) groups excluding carboxylic acids is 2. The minimum absolute atomic E-state index is 0.0404. The van der Waals surface area contributed by atoms with Gasteiger partial charge in [0.1, 0.15) is 6.61 Å². The van der Waals surface area contributed by atoms with Crippen LogP contribution in [-0.2, 0) is 9.53 Å². The zero-order valence-corrected chi connectivity index (χ0v) is 15.4. The van der Waals surface area contributed by atoms with E-state index >= 15 is 0 Å². The second kappa shape index (κ2) is 8.89. The summed E-state index contributed by atoms with van der Waals surface area (Å²) in [5, 5.41) is 2.89. The van der Waals surface area contributed by atoms with Crippen molar-refractivity contribution in [1.29, 1.82) is 0 Å². The van der Waals surface area contributed by atoms with Crippen molar-refractivity contribution < 1.29 is 14.3 Å². The number of hydrogen-bond acceptors (Lipinski definition) is 5. The van der Waals surface area contributed by atoms with Crippen LogP contribution in [0.1, 0.15) is 12.0 Å². The van der Waals surface area contributed by atoms with E-state index < -0.39 is 0 Å². The molecule has 2 heterocycles. The Hall–Kier alpha value is -2.28. The Labute approximate surface area is 154 Å². The molecule has 142 valence electrons. The molecule has 0 spiro atoms. The van der Waals surface area contributed by atoms with Gasteiger partial charge in [0.2, 0.25) is 5.91 Å². The van der Waals surface area contributed by atoms with Crippen molar-refractivity contribution in [3.05, 3.63) is 29.8 Å². The number of carbonyl (C=O) groups is 2. The summed E-state index contributed by atoms with van der Waals surface area (Å²) in [5.74, 6) is 0.0404. The molecule has 1 aromatic rings. The van der Waals surface area contributed by atoms with Crippen molar-refractivity contribution in [2.75, 3.05) is 63.9 Å². The van der Waals surface area contributed by atoms with E-state index in [4.69, 9.17) is 4.74 Å². The maximum atomic E-state index is 12.0. The lowest BCUT2D eigenvalue weighted by molar-refractivity contribution is -0.121. The predicted octanol–water partition coefficient (Wildman–Crippen LogP) is 1.08. The van der Waals surface area contributed by atoms with Gasteiger partial charge < -0.3 is 19.9 Å². The molecule has 0 saturated carbocycles. The first-order valence-corrected chi connectivity index (χ1v) is 9.34. The first-order valence-electron chi connectivity index (χ1n) is 9.34. The number of nitrogens with zero attached hydrogens (tertiary/aromatic N) is 3. The van der Waals surface area contributed by atoms with Gasteiger partial charge in [0.25, 0.3) is 0 Å². The van der Waals surface area contributed by atoms with Crippen LogP contribution in [0.4, 0.5) is 10.5 Å². The van der Waals surface area contributed by atoms with Crippen LogP contribution in [0.15, 0.2) is 24.3 Å². The summed E-state index contributed by atoms with van der Waals surface area (Å²) in [6.07, 6.45) is 0.209. The Balaban J connectivity index is 1.31. The molecule has 0 bridgehead atoms. The van der Waals surface area contributed by atoms with Crippen LogP contribution in [0.3, 0.4) is 0 Å². The van der Waals surface area contributed by atoms with Crippen molar-refractivity contribution in [2.45, 2.75) is 13.3 Å². The van der Waals surface area contributed by atoms with E-state index in [0.29, 0.717) is 32.7 Å². The summed E-state index contributed by atoms with van der Waals surface area (Å²) < 4.78 is 4.86. The van der Waals surface area contributed by atoms with Gasteiger partial charge >= 0.3 is 6.09 Å². The first kappa shape index (κ1) is 18.5. The van der Waals surface area contributed by atoms with Crippen LogP contribution in [-0.4, -0.2) is 80.8 Å². The van der Waals surface area contributed by atoms with Gasteiger partial charge in [0.15, 0.2) is 0 Å². The smallest absolute Gasteiger partial charge is 0.409 e. The highest BCUT2D eigenvalue weighted by molar-refractivity contribution is 5.76. The summed E-state index contributed by atoms with van der Waals surface area (Å²) in [7, 11) is 0. The lowest BCUT2D eigenvalue weighted by Gasteiger charge is -2.36. The summed E-state index contributed by atoms with van der Waals surface area (Å²) in [4.78, 5) is 29.6. The second-order valence-electron chi connectivity index (χ2n) is 6.87. The number of hydrogen-bond donors (Lipinski definition) is 1. The molecule has 26 heavy (non-hydrogen) atoms. The number of benzene rings is 1. The summed E-state index contributed by atoms with van der Waals surface area (Å²) in [6.45, 7) is 8.87. The number of piperazine rings is 1. The second-order valence-corrected chi connectivity index (χ2v) is 6.87. The molecular weight excluding hydrogens is 332 g/mol. The molecule has 2 aliphatic rings. The van der Waals surface area contributed by atoms with Gasteiger partial charge in [0.05, 0.1) is 6.54 Å². The van der Waals surface area contributed by atoms with E-state index in [1.807, 2.05) is 0 Å². The number of anilines is 1. The van der Waals surface area contributed by atoms with E-state index in [-0.39, 0.29) is 12.0 Å². The molecule has 0 aromatic heterocycles. The van der Waals surface area contributed by atoms with Crippen molar-refractivity contribution in [3.63, 3.8) is 0 Å². The largest absolute Gasteiger partial charge is 0.448 e. The molecular formula is C19H28N4O3. The Morgan fingerprint density at radius 2 is 1.96 bits per heavy atom. The number of rotatable bonds is 7. The molecule has 2 fully saturated rings. The van der Waals surface area contributed by atoms with Gasteiger partial charge in [-0.15, -0.1) is 0 Å². The van der Waals surface area contributed by atoms with Gasteiger partial charge in [-0.3, -0.25) is 9.69 Å². The fourth-order valence-corrected chi connectivity index (χ4v) is 3.36. The molecule has 1 N–H and O–H groups in total. The maximum Gasteiger partial charge on any atom is 0.409 e. The summed E-state index contributed by atoms with van der Waals surface area (Å²) in [6, 6.07) is 8.60. The molecule has 7 heteroatoms. The number of cyclic esters (lactones) is 1. The van der Waals surface area contributed by atoms with Gasteiger partial charge in [-0.25, -0.2) is 4.79 Å². The normalized spacial score (nSPS) is 18.1. The summed E-state index contributed by atoms with van der Waals surface area (Å²) >= 11 is 0. The van der Waals surface area contributed by atoms with Crippen molar-refractivity contribution >= 4 is 17.7 Å². The van der Waals surface area contributed by atoms with Crippen LogP contribution >= 0.6 is 0 Å². The monoisotopic (exact) mass is 360 g/mol. The standard InChI is InChI=1S/C19H28N4O3/c1-16-3-2-4-17(15-16)22-11-9-21(10-12-22)7-5-18(24)20-6-8-23-13-14-26-19(23)25/h2-4,15H,5-14H2,1H3,(H,20,24). The highest BCUT2D eigenvalue weighted by atomic mass is 16.6. The van der Waals surface area contributed by atoms with E-state index in [9.17, 15) is 9.59 Å². The van der Waals surface area contributed by atoms with Gasteiger partial charge in [-0.2, -0.15) is 0 Å². The van der Waals surface area contributed by atoms with Crippen LogP contribution < -0.4 is 10.2 Å². The minimum atomic E-state index is -0.286. The molecule has 7 nitrogen and oxygen atoms in total.